The van der Waals surface area contributed by atoms with Crippen LogP contribution >= 0.6 is 0 Å². The molecule has 0 aliphatic carbocycles. The standard InChI is InChI=1S/C18H25F3N2O2/c1-2-8-22-17(25)14-6-4-9-23(11-14)12-16(24)13-5-3-7-15(10-13)18(19,20)21/h3,5,7,10,14,16,24H,2,4,6,8-9,11-12H2,1H3,(H,22,25)/t14-,16+/m0/s1. The van der Waals surface area contributed by atoms with Gasteiger partial charge in [0.15, 0.2) is 0 Å². The Kier molecular flexibility index (Phi) is 6.84. The molecule has 140 valence electrons. The van der Waals surface area contributed by atoms with Gasteiger partial charge in [0, 0.05) is 19.6 Å². The Morgan fingerprint density at radius 1 is 1.44 bits per heavy atom. The van der Waals surface area contributed by atoms with Gasteiger partial charge in [0.2, 0.25) is 5.91 Å². The van der Waals surface area contributed by atoms with Crippen LogP contribution in [0.4, 0.5) is 13.2 Å². The number of hydrogen-bond acceptors (Lipinski definition) is 3. The van der Waals surface area contributed by atoms with E-state index in [0.717, 1.165) is 37.9 Å². The highest BCUT2D eigenvalue weighted by molar-refractivity contribution is 5.78. The van der Waals surface area contributed by atoms with Crippen molar-refractivity contribution in [2.45, 2.75) is 38.5 Å². The van der Waals surface area contributed by atoms with Crippen molar-refractivity contribution >= 4 is 5.91 Å². The van der Waals surface area contributed by atoms with E-state index in [1.54, 1.807) is 0 Å². The minimum Gasteiger partial charge on any atom is -0.387 e. The maximum Gasteiger partial charge on any atom is 0.416 e. The van der Waals surface area contributed by atoms with Crippen LogP contribution in [0.3, 0.4) is 0 Å². The number of carbonyl (C=O) groups is 1. The Bertz CT molecular complexity index is 578. The molecule has 1 fully saturated rings. The molecule has 1 aromatic carbocycles. The number of nitrogens with one attached hydrogen (secondary N) is 1. The lowest BCUT2D eigenvalue weighted by atomic mass is 9.96. The maximum absolute atomic E-state index is 12.8. The Hall–Kier alpha value is -1.60. The minimum absolute atomic E-state index is 0.0140. The molecule has 4 nitrogen and oxygen atoms in total. The Morgan fingerprint density at radius 2 is 2.20 bits per heavy atom. The Balaban J connectivity index is 1.96. The molecule has 1 saturated heterocycles. The second-order valence-electron chi connectivity index (χ2n) is 6.53. The van der Waals surface area contributed by atoms with E-state index in [1.165, 1.54) is 12.1 Å². The molecule has 0 unspecified atom stereocenters. The summed E-state index contributed by atoms with van der Waals surface area (Å²) in [5, 5.41) is 13.2. The van der Waals surface area contributed by atoms with Crippen LogP contribution in [-0.4, -0.2) is 42.1 Å². The van der Waals surface area contributed by atoms with Gasteiger partial charge in [0.05, 0.1) is 17.6 Å². The predicted octanol–water partition coefficient (Wildman–Crippen LogP) is 2.98. The zero-order valence-corrected chi connectivity index (χ0v) is 14.4. The molecule has 0 bridgehead atoms. The molecule has 2 rings (SSSR count). The van der Waals surface area contributed by atoms with Crippen LogP contribution < -0.4 is 5.32 Å². The summed E-state index contributed by atoms with van der Waals surface area (Å²) in [6.45, 7) is 4.10. The molecular weight excluding hydrogens is 333 g/mol. The van der Waals surface area contributed by atoms with E-state index in [1.807, 2.05) is 11.8 Å². The van der Waals surface area contributed by atoms with E-state index in [4.69, 9.17) is 0 Å². The lowest BCUT2D eigenvalue weighted by molar-refractivity contribution is -0.137. The minimum atomic E-state index is -4.43. The summed E-state index contributed by atoms with van der Waals surface area (Å²) in [5.41, 5.74) is -0.521. The van der Waals surface area contributed by atoms with E-state index in [-0.39, 0.29) is 23.9 Å². The highest BCUT2D eigenvalue weighted by Crippen LogP contribution is 2.31. The van der Waals surface area contributed by atoms with Crippen molar-refractivity contribution in [3.05, 3.63) is 35.4 Å². The zero-order chi connectivity index (χ0) is 18.4. The number of benzene rings is 1. The number of hydrogen-bond donors (Lipinski definition) is 2. The van der Waals surface area contributed by atoms with Gasteiger partial charge in [-0.1, -0.05) is 19.1 Å². The van der Waals surface area contributed by atoms with Crippen LogP contribution in [0.5, 0.6) is 0 Å². The van der Waals surface area contributed by atoms with Gasteiger partial charge in [0.1, 0.15) is 0 Å². The van der Waals surface area contributed by atoms with Crippen molar-refractivity contribution in [2.24, 2.45) is 5.92 Å². The van der Waals surface area contributed by atoms with Crippen molar-refractivity contribution in [3.63, 3.8) is 0 Å². The fraction of sp³-hybridized carbons (Fsp3) is 0.611. The number of halogens is 3. The summed E-state index contributed by atoms with van der Waals surface area (Å²) in [5.74, 6) is -0.117. The Labute approximate surface area is 146 Å². The summed E-state index contributed by atoms with van der Waals surface area (Å²) >= 11 is 0. The lowest BCUT2D eigenvalue weighted by Crippen LogP contribution is -2.44. The molecule has 0 aromatic heterocycles. The molecule has 1 aromatic rings. The number of nitrogens with zero attached hydrogens (tertiary/aromatic N) is 1. The quantitative estimate of drug-likeness (QED) is 0.822. The van der Waals surface area contributed by atoms with Crippen LogP contribution in [0.25, 0.3) is 0 Å². The smallest absolute Gasteiger partial charge is 0.387 e. The molecule has 0 saturated carbocycles. The van der Waals surface area contributed by atoms with E-state index >= 15 is 0 Å². The summed E-state index contributed by atoms with van der Waals surface area (Å²) in [4.78, 5) is 14.0. The zero-order valence-electron chi connectivity index (χ0n) is 14.4. The first-order valence-electron chi connectivity index (χ1n) is 8.66. The molecule has 1 aliphatic rings. The van der Waals surface area contributed by atoms with E-state index in [2.05, 4.69) is 5.32 Å². The predicted molar refractivity (Wildman–Crippen MR) is 88.9 cm³/mol. The molecule has 1 aliphatic heterocycles. The van der Waals surface area contributed by atoms with Crippen molar-refractivity contribution in [2.75, 3.05) is 26.2 Å². The number of β-amino-alcohol motifs (C(OH)–C–C–N with tert-alkyl or cyclic N) is 1. The first-order valence-corrected chi connectivity index (χ1v) is 8.66. The molecule has 25 heavy (non-hydrogen) atoms. The van der Waals surface area contributed by atoms with Gasteiger partial charge in [-0.15, -0.1) is 0 Å². The number of aliphatic hydroxyl groups is 1. The third-order valence-electron chi connectivity index (χ3n) is 4.46. The second kappa shape index (κ2) is 8.67. The third-order valence-corrected chi connectivity index (χ3v) is 4.46. The Morgan fingerprint density at radius 3 is 2.88 bits per heavy atom. The number of piperidine rings is 1. The summed E-state index contributed by atoms with van der Waals surface area (Å²) in [7, 11) is 0. The molecular formula is C18H25F3N2O2. The highest BCUT2D eigenvalue weighted by Gasteiger charge is 2.31. The first kappa shape index (κ1) is 19.7. The SMILES string of the molecule is CCCNC(=O)[C@H]1CCCN(C[C@@H](O)c2cccc(C(F)(F)F)c2)C1. The summed E-state index contributed by atoms with van der Waals surface area (Å²) < 4.78 is 38.4. The molecule has 2 N–H and O–H groups in total. The van der Waals surface area contributed by atoms with Crippen molar-refractivity contribution in [3.8, 4) is 0 Å². The van der Waals surface area contributed by atoms with Gasteiger partial charge in [-0.2, -0.15) is 13.2 Å². The molecule has 7 heteroatoms. The summed E-state index contributed by atoms with van der Waals surface area (Å²) in [6, 6.07) is 4.78. The van der Waals surface area contributed by atoms with Gasteiger partial charge < -0.3 is 10.4 Å². The highest BCUT2D eigenvalue weighted by atomic mass is 19.4. The number of likely N-dealkylation sites (tertiary alicyclic amines) is 1. The van der Waals surface area contributed by atoms with Crippen LogP contribution in [0.2, 0.25) is 0 Å². The number of alkyl halides is 3. The van der Waals surface area contributed by atoms with Gasteiger partial charge in [0.25, 0.3) is 0 Å². The monoisotopic (exact) mass is 358 g/mol. The number of carbonyl (C=O) groups excluding carboxylic acids is 1. The van der Waals surface area contributed by atoms with Crippen molar-refractivity contribution < 1.29 is 23.1 Å². The molecule has 1 heterocycles. The maximum atomic E-state index is 12.8. The van der Waals surface area contributed by atoms with Crippen LogP contribution in [0.1, 0.15) is 43.4 Å². The fourth-order valence-electron chi connectivity index (χ4n) is 3.10. The fourth-order valence-corrected chi connectivity index (χ4v) is 3.10. The summed E-state index contributed by atoms with van der Waals surface area (Å²) in [6.07, 6.45) is -2.94. The number of amides is 1. The van der Waals surface area contributed by atoms with Gasteiger partial charge in [-0.25, -0.2) is 0 Å². The van der Waals surface area contributed by atoms with Crippen LogP contribution in [0.15, 0.2) is 24.3 Å². The van der Waals surface area contributed by atoms with E-state index in [9.17, 15) is 23.1 Å². The molecule has 0 radical (unpaired) electrons. The van der Waals surface area contributed by atoms with Crippen LogP contribution in [0, 0.1) is 5.92 Å². The average molecular weight is 358 g/mol. The topological polar surface area (TPSA) is 52.6 Å². The normalized spacial score (nSPS) is 20.3. The number of rotatable bonds is 6. The van der Waals surface area contributed by atoms with Crippen molar-refractivity contribution in [1.29, 1.82) is 0 Å². The van der Waals surface area contributed by atoms with Crippen molar-refractivity contribution in [1.82, 2.24) is 10.2 Å². The molecule has 2 atom stereocenters. The second-order valence-corrected chi connectivity index (χ2v) is 6.53. The third kappa shape index (κ3) is 5.71. The first-order chi connectivity index (χ1) is 11.8. The van der Waals surface area contributed by atoms with E-state index < -0.39 is 17.8 Å². The largest absolute Gasteiger partial charge is 0.416 e. The van der Waals surface area contributed by atoms with Gasteiger partial charge in [-0.3, -0.25) is 9.69 Å². The lowest BCUT2D eigenvalue weighted by Gasteiger charge is -2.33. The van der Waals surface area contributed by atoms with Gasteiger partial charge >= 0.3 is 6.18 Å². The number of aliphatic hydroxyl groups excluding tert-OH is 1. The average Bonchev–Trinajstić information content (AvgIpc) is 2.59. The molecule has 1 amide bonds. The van der Waals surface area contributed by atoms with Crippen LogP contribution in [-0.2, 0) is 11.0 Å². The molecule has 0 spiro atoms. The van der Waals surface area contributed by atoms with E-state index in [0.29, 0.717) is 13.1 Å². The van der Waals surface area contributed by atoms with Gasteiger partial charge in [-0.05, 0) is 43.5 Å².